The Labute approximate surface area is 102 Å². The lowest BCUT2D eigenvalue weighted by Crippen LogP contribution is -2.45. The van der Waals surface area contributed by atoms with Gasteiger partial charge in [0.1, 0.15) is 5.41 Å². The third kappa shape index (κ3) is 2.45. The molecular weight excluding hydrogens is 218 g/mol. The summed E-state index contributed by atoms with van der Waals surface area (Å²) in [5.74, 6) is -0.716. The summed E-state index contributed by atoms with van der Waals surface area (Å²) >= 11 is 0. The van der Waals surface area contributed by atoms with Gasteiger partial charge in [0.2, 0.25) is 5.91 Å². The van der Waals surface area contributed by atoms with Crippen LogP contribution in [0.15, 0.2) is 0 Å². The summed E-state index contributed by atoms with van der Waals surface area (Å²) in [4.78, 5) is 23.0. The zero-order valence-electron chi connectivity index (χ0n) is 10.4. The first-order valence-electron chi connectivity index (χ1n) is 6.60. The van der Waals surface area contributed by atoms with Gasteiger partial charge in [0, 0.05) is 6.04 Å². The van der Waals surface area contributed by atoms with E-state index >= 15 is 0 Å². The van der Waals surface area contributed by atoms with Crippen molar-refractivity contribution < 1.29 is 14.7 Å². The Bertz CT molecular complexity index is 317. The van der Waals surface area contributed by atoms with Gasteiger partial charge in [-0.15, -0.1) is 0 Å². The van der Waals surface area contributed by atoms with Crippen molar-refractivity contribution >= 4 is 11.9 Å². The smallest absolute Gasteiger partial charge is 0.319 e. The van der Waals surface area contributed by atoms with Crippen LogP contribution in [0, 0.1) is 11.3 Å². The van der Waals surface area contributed by atoms with Crippen molar-refractivity contribution in [2.75, 3.05) is 0 Å². The number of hydrogen-bond acceptors (Lipinski definition) is 2. The Balaban J connectivity index is 1.88. The maximum Gasteiger partial charge on any atom is 0.319 e. The van der Waals surface area contributed by atoms with E-state index in [4.69, 9.17) is 5.11 Å². The Morgan fingerprint density at radius 2 is 1.82 bits per heavy atom. The van der Waals surface area contributed by atoms with Crippen LogP contribution < -0.4 is 5.32 Å². The molecule has 17 heavy (non-hydrogen) atoms. The highest BCUT2D eigenvalue weighted by atomic mass is 16.4. The van der Waals surface area contributed by atoms with Crippen molar-refractivity contribution in [3.63, 3.8) is 0 Å². The number of carboxylic acid groups (broad SMARTS) is 1. The fourth-order valence-corrected chi connectivity index (χ4v) is 2.76. The summed E-state index contributed by atoms with van der Waals surface area (Å²) in [6, 6.07) is 0.111. The lowest BCUT2D eigenvalue weighted by atomic mass is 9.84. The number of nitrogens with one attached hydrogen (secondary N) is 1. The van der Waals surface area contributed by atoms with Crippen LogP contribution in [0.2, 0.25) is 0 Å². The van der Waals surface area contributed by atoms with Crippen molar-refractivity contribution in [2.45, 2.75) is 57.9 Å². The van der Waals surface area contributed by atoms with Gasteiger partial charge in [-0.2, -0.15) is 0 Å². The number of carboxylic acids is 1. The molecule has 1 amide bonds. The highest BCUT2D eigenvalue weighted by Crippen LogP contribution is 2.46. The molecule has 0 spiro atoms. The number of carbonyl (C=O) groups excluding carboxylic acids is 1. The van der Waals surface area contributed by atoms with Crippen LogP contribution in [0.4, 0.5) is 0 Å². The third-order valence-electron chi connectivity index (χ3n) is 4.31. The van der Waals surface area contributed by atoms with Gasteiger partial charge in [-0.05, 0) is 38.5 Å². The van der Waals surface area contributed by atoms with Gasteiger partial charge >= 0.3 is 5.97 Å². The molecule has 0 aromatic carbocycles. The minimum Gasteiger partial charge on any atom is -0.480 e. The average molecular weight is 239 g/mol. The van der Waals surface area contributed by atoms with Gasteiger partial charge in [0.25, 0.3) is 0 Å². The SMILES string of the molecule is CC(NC(=O)C1(C(=O)O)CC1)C1CCCCC1. The summed E-state index contributed by atoms with van der Waals surface area (Å²) in [5, 5.41) is 12.0. The summed E-state index contributed by atoms with van der Waals surface area (Å²) < 4.78 is 0. The van der Waals surface area contributed by atoms with E-state index in [0.717, 1.165) is 12.8 Å². The lowest BCUT2D eigenvalue weighted by Gasteiger charge is -2.29. The van der Waals surface area contributed by atoms with Crippen LogP contribution in [-0.2, 0) is 9.59 Å². The minimum absolute atomic E-state index is 0.111. The Hall–Kier alpha value is -1.06. The molecule has 0 aromatic rings. The molecule has 0 aliphatic heterocycles. The molecule has 2 aliphatic carbocycles. The second kappa shape index (κ2) is 4.67. The standard InChI is InChI=1S/C13H21NO3/c1-9(10-5-3-2-4-6-10)14-11(15)13(7-8-13)12(16)17/h9-10H,2-8H2,1H3,(H,14,15)(H,16,17). The molecule has 1 unspecified atom stereocenters. The number of aliphatic carboxylic acids is 1. The first-order valence-corrected chi connectivity index (χ1v) is 6.60. The molecule has 2 aliphatic rings. The molecule has 2 N–H and O–H groups in total. The fraction of sp³-hybridized carbons (Fsp3) is 0.846. The highest BCUT2D eigenvalue weighted by molar-refractivity contribution is 6.04. The quantitative estimate of drug-likeness (QED) is 0.737. The largest absolute Gasteiger partial charge is 0.480 e. The van der Waals surface area contributed by atoms with Gasteiger partial charge in [0.05, 0.1) is 0 Å². The van der Waals surface area contributed by atoms with Crippen LogP contribution in [-0.4, -0.2) is 23.0 Å². The van der Waals surface area contributed by atoms with Crippen molar-refractivity contribution in [2.24, 2.45) is 11.3 Å². The highest BCUT2D eigenvalue weighted by Gasteiger charge is 2.57. The molecule has 0 heterocycles. The van der Waals surface area contributed by atoms with Gasteiger partial charge in [-0.25, -0.2) is 0 Å². The first kappa shape index (κ1) is 12.4. The van der Waals surface area contributed by atoms with E-state index in [1.807, 2.05) is 6.92 Å². The topological polar surface area (TPSA) is 66.4 Å². The lowest BCUT2D eigenvalue weighted by molar-refractivity contribution is -0.149. The monoisotopic (exact) mass is 239 g/mol. The Morgan fingerprint density at radius 3 is 2.29 bits per heavy atom. The second-order valence-corrected chi connectivity index (χ2v) is 5.55. The Kier molecular flexibility index (Phi) is 3.40. The number of carbonyl (C=O) groups is 2. The molecular formula is C13H21NO3. The first-order chi connectivity index (χ1) is 8.06. The Morgan fingerprint density at radius 1 is 1.24 bits per heavy atom. The molecule has 0 radical (unpaired) electrons. The van der Waals surface area contributed by atoms with Crippen LogP contribution >= 0.6 is 0 Å². The third-order valence-corrected chi connectivity index (χ3v) is 4.31. The molecule has 2 saturated carbocycles. The second-order valence-electron chi connectivity index (χ2n) is 5.55. The molecule has 2 fully saturated rings. The number of rotatable bonds is 4. The maximum atomic E-state index is 11.9. The molecule has 4 heteroatoms. The van der Waals surface area contributed by atoms with Gasteiger partial charge in [-0.1, -0.05) is 19.3 Å². The van der Waals surface area contributed by atoms with Gasteiger partial charge < -0.3 is 10.4 Å². The van der Waals surface area contributed by atoms with E-state index < -0.39 is 11.4 Å². The summed E-state index contributed by atoms with van der Waals surface area (Å²) in [6.07, 6.45) is 7.04. The zero-order valence-corrected chi connectivity index (χ0v) is 10.4. The van der Waals surface area contributed by atoms with Gasteiger partial charge in [0.15, 0.2) is 0 Å². The predicted molar refractivity (Wildman–Crippen MR) is 63.5 cm³/mol. The average Bonchev–Trinajstić information content (AvgIpc) is 3.11. The van der Waals surface area contributed by atoms with Crippen LogP contribution in [0.5, 0.6) is 0 Å². The van der Waals surface area contributed by atoms with Crippen LogP contribution in [0.1, 0.15) is 51.9 Å². The molecule has 96 valence electrons. The number of amides is 1. The maximum absolute atomic E-state index is 11.9. The van der Waals surface area contributed by atoms with Crippen molar-refractivity contribution in [1.82, 2.24) is 5.32 Å². The van der Waals surface area contributed by atoms with Crippen LogP contribution in [0.3, 0.4) is 0 Å². The molecule has 4 nitrogen and oxygen atoms in total. The van der Waals surface area contributed by atoms with Crippen LogP contribution in [0.25, 0.3) is 0 Å². The van der Waals surface area contributed by atoms with E-state index in [-0.39, 0.29) is 11.9 Å². The molecule has 0 bridgehead atoms. The molecule has 2 rings (SSSR count). The molecule has 0 saturated heterocycles. The van der Waals surface area contributed by atoms with E-state index in [0.29, 0.717) is 18.8 Å². The van der Waals surface area contributed by atoms with E-state index in [1.54, 1.807) is 0 Å². The fourth-order valence-electron chi connectivity index (χ4n) is 2.76. The van der Waals surface area contributed by atoms with Crippen molar-refractivity contribution in [3.05, 3.63) is 0 Å². The van der Waals surface area contributed by atoms with Crippen molar-refractivity contribution in [1.29, 1.82) is 0 Å². The van der Waals surface area contributed by atoms with E-state index in [1.165, 1.54) is 19.3 Å². The minimum atomic E-state index is -1.09. The summed E-state index contributed by atoms with van der Waals surface area (Å²) in [5.41, 5.74) is -1.09. The van der Waals surface area contributed by atoms with E-state index in [2.05, 4.69) is 5.32 Å². The van der Waals surface area contributed by atoms with E-state index in [9.17, 15) is 9.59 Å². The molecule has 1 atom stereocenters. The number of hydrogen-bond donors (Lipinski definition) is 2. The predicted octanol–water partition coefficient (Wildman–Crippen LogP) is 1.94. The summed E-state index contributed by atoms with van der Waals surface area (Å²) in [7, 11) is 0. The zero-order chi connectivity index (χ0) is 12.5. The van der Waals surface area contributed by atoms with Gasteiger partial charge in [-0.3, -0.25) is 9.59 Å². The molecule has 0 aromatic heterocycles. The summed E-state index contributed by atoms with van der Waals surface area (Å²) in [6.45, 7) is 2.01. The van der Waals surface area contributed by atoms with Crippen molar-refractivity contribution in [3.8, 4) is 0 Å². The normalized spacial score (nSPS) is 25.0.